The number of hydrogen-bond acceptors (Lipinski definition) is 5. The molecule has 0 radical (unpaired) electrons. The number of carbonyl (C=O) groups is 1. The fourth-order valence-electron chi connectivity index (χ4n) is 3.47. The number of aromatic nitrogens is 3. The SMILES string of the molecule is CSc1ccc(C(=O)N(CCn2nc(C)cc2C)c2nc3c(C)c(Cl)ccc3s2)cc1. The van der Waals surface area contributed by atoms with Crippen LogP contribution in [0.3, 0.4) is 0 Å². The molecular weight excluding hydrogens is 448 g/mol. The zero-order valence-electron chi connectivity index (χ0n) is 17.8. The average Bonchev–Trinajstić information content (AvgIpc) is 3.34. The minimum Gasteiger partial charge on any atom is -0.282 e. The second-order valence-electron chi connectivity index (χ2n) is 7.35. The Morgan fingerprint density at radius 2 is 1.90 bits per heavy atom. The Hall–Kier alpha value is -2.35. The summed E-state index contributed by atoms with van der Waals surface area (Å²) in [7, 11) is 0. The highest BCUT2D eigenvalue weighted by Crippen LogP contribution is 2.34. The first kappa shape index (κ1) is 21.9. The summed E-state index contributed by atoms with van der Waals surface area (Å²) in [6, 6.07) is 13.6. The summed E-state index contributed by atoms with van der Waals surface area (Å²) in [6.07, 6.45) is 2.02. The van der Waals surface area contributed by atoms with Crippen molar-refractivity contribution in [3.8, 4) is 0 Å². The second-order valence-corrected chi connectivity index (χ2v) is 9.65. The smallest absolute Gasteiger partial charge is 0.260 e. The van der Waals surface area contributed by atoms with Crippen LogP contribution >= 0.6 is 34.7 Å². The Morgan fingerprint density at radius 3 is 2.55 bits per heavy atom. The molecule has 2 heterocycles. The fraction of sp³-hybridized carbons (Fsp3) is 0.261. The number of halogens is 1. The van der Waals surface area contributed by atoms with Gasteiger partial charge in [-0.15, -0.1) is 11.8 Å². The van der Waals surface area contributed by atoms with E-state index >= 15 is 0 Å². The number of aryl methyl sites for hydroxylation is 3. The minimum absolute atomic E-state index is 0.0722. The number of nitrogens with zero attached hydrogens (tertiary/aromatic N) is 4. The van der Waals surface area contributed by atoms with Crippen LogP contribution in [0.4, 0.5) is 5.13 Å². The van der Waals surface area contributed by atoms with Gasteiger partial charge in [0.1, 0.15) is 0 Å². The molecule has 0 saturated carbocycles. The molecule has 4 aromatic rings. The molecule has 5 nitrogen and oxygen atoms in total. The number of thiazole rings is 1. The van der Waals surface area contributed by atoms with Gasteiger partial charge in [0.15, 0.2) is 5.13 Å². The van der Waals surface area contributed by atoms with E-state index in [2.05, 4.69) is 5.10 Å². The van der Waals surface area contributed by atoms with Crippen LogP contribution in [0.2, 0.25) is 5.02 Å². The molecule has 0 N–H and O–H groups in total. The summed E-state index contributed by atoms with van der Waals surface area (Å²) in [5.74, 6) is -0.0722. The first-order valence-electron chi connectivity index (χ1n) is 9.90. The maximum atomic E-state index is 13.5. The third kappa shape index (κ3) is 4.49. The van der Waals surface area contributed by atoms with Crippen molar-refractivity contribution in [2.24, 2.45) is 0 Å². The topological polar surface area (TPSA) is 51.0 Å². The van der Waals surface area contributed by atoms with Gasteiger partial charge >= 0.3 is 0 Å². The Morgan fingerprint density at radius 1 is 1.16 bits per heavy atom. The van der Waals surface area contributed by atoms with E-state index in [1.54, 1.807) is 16.7 Å². The van der Waals surface area contributed by atoms with Crippen molar-refractivity contribution in [3.63, 3.8) is 0 Å². The first-order valence-corrected chi connectivity index (χ1v) is 12.3. The van der Waals surface area contributed by atoms with Gasteiger partial charge in [-0.2, -0.15) is 5.10 Å². The number of amides is 1. The molecule has 31 heavy (non-hydrogen) atoms. The molecule has 8 heteroatoms. The van der Waals surface area contributed by atoms with E-state index in [-0.39, 0.29) is 5.91 Å². The molecule has 0 aliphatic carbocycles. The van der Waals surface area contributed by atoms with E-state index in [0.29, 0.717) is 28.8 Å². The van der Waals surface area contributed by atoms with Crippen LogP contribution in [0.25, 0.3) is 10.2 Å². The highest BCUT2D eigenvalue weighted by atomic mass is 35.5. The van der Waals surface area contributed by atoms with Crippen molar-refractivity contribution in [3.05, 3.63) is 70.0 Å². The highest BCUT2D eigenvalue weighted by molar-refractivity contribution is 7.98. The number of thioether (sulfide) groups is 1. The van der Waals surface area contributed by atoms with Gasteiger partial charge in [0, 0.05) is 27.7 Å². The van der Waals surface area contributed by atoms with Crippen molar-refractivity contribution in [1.82, 2.24) is 14.8 Å². The number of fused-ring (bicyclic) bond motifs is 1. The van der Waals surface area contributed by atoms with Crippen LogP contribution in [0.5, 0.6) is 0 Å². The Balaban J connectivity index is 1.71. The molecule has 0 fully saturated rings. The van der Waals surface area contributed by atoms with Crippen LogP contribution < -0.4 is 4.90 Å². The number of carbonyl (C=O) groups excluding carboxylic acids is 1. The lowest BCUT2D eigenvalue weighted by Gasteiger charge is -2.20. The summed E-state index contributed by atoms with van der Waals surface area (Å²) < 4.78 is 2.94. The van der Waals surface area contributed by atoms with Gasteiger partial charge in [0.05, 0.1) is 22.5 Å². The van der Waals surface area contributed by atoms with Crippen LogP contribution in [0.15, 0.2) is 47.4 Å². The molecule has 0 saturated heterocycles. The maximum Gasteiger partial charge on any atom is 0.260 e. The Kier molecular flexibility index (Phi) is 6.36. The molecule has 0 aliphatic rings. The van der Waals surface area contributed by atoms with Gasteiger partial charge in [-0.1, -0.05) is 22.9 Å². The van der Waals surface area contributed by atoms with E-state index in [0.717, 1.165) is 32.1 Å². The standard InChI is InChI=1S/C23H23ClN4OS2/c1-14-13-15(2)28(26-14)12-11-27(22(29)17-5-7-18(30-4)8-6-17)23-25-21-16(3)19(24)9-10-20(21)31-23/h5-10,13H,11-12H2,1-4H3. The Labute approximate surface area is 195 Å². The molecule has 0 atom stereocenters. The van der Waals surface area contributed by atoms with E-state index in [4.69, 9.17) is 16.6 Å². The van der Waals surface area contributed by atoms with Gasteiger partial charge in [-0.05, 0) is 75.1 Å². The lowest BCUT2D eigenvalue weighted by atomic mass is 10.2. The van der Waals surface area contributed by atoms with Gasteiger partial charge in [0.25, 0.3) is 5.91 Å². The monoisotopic (exact) mass is 470 g/mol. The molecule has 0 unspecified atom stereocenters. The molecule has 4 rings (SSSR count). The van der Waals surface area contributed by atoms with E-state index < -0.39 is 0 Å². The second kappa shape index (κ2) is 9.02. The van der Waals surface area contributed by atoms with E-state index in [1.165, 1.54) is 11.3 Å². The molecule has 2 aromatic carbocycles. The van der Waals surface area contributed by atoms with Crippen LogP contribution in [0, 0.1) is 20.8 Å². The van der Waals surface area contributed by atoms with Crippen molar-refractivity contribution in [2.75, 3.05) is 17.7 Å². The van der Waals surface area contributed by atoms with E-state index in [1.807, 2.05) is 74.2 Å². The Bertz CT molecular complexity index is 1250. The van der Waals surface area contributed by atoms with Gasteiger partial charge < -0.3 is 0 Å². The van der Waals surface area contributed by atoms with Crippen molar-refractivity contribution >= 4 is 56.0 Å². The lowest BCUT2D eigenvalue weighted by Crippen LogP contribution is -2.34. The number of anilines is 1. The van der Waals surface area contributed by atoms with Crippen LogP contribution in [0.1, 0.15) is 27.3 Å². The van der Waals surface area contributed by atoms with Crippen molar-refractivity contribution in [2.45, 2.75) is 32.2 Å². The van der Waals surface area contributed by atoms with Gasteiger partial charge in [-0.25, -0.2) is 4.98 Å². The van der Waals surface area contributed by atoms with Gasteiger partial charge in [-0.3, -0.25) is 14.4 Å². The molecule has 1 amide bonds. The number of benzene rings is 2. The van der Waals surface area contributed by atoms with Crippen molar-refractivity contribution in [1.29, 1.82) is 0 Å². The average molecular weight is 471 g/mol. The number of hydrogen-bond donors (Lipinski definition) is 0. The summed E-state index contributed by atoms with van der Waals surface area (Å²) in [5, 5.41) is 5.89. The van der Waals surface area contributed by atoms with Crippen LogP contribution in [-0.4, -0.2) is 33.5 Å². The minimum atomic E-state index is -0.0722. The zero-order valence-corrected chi connectivity index (χ0v) is 20.2. The maximum absolute atomic E-state index is 13.5. The van der Waals surface area contributed by atoms with Gasteiger partial charge in [0.2, 0.25) is 0 Å². The molecular formula is C23H23ClN4OS2. The third-order valence-electron chi connectivity index (χ3n) is 5.19. The lowest BCUT2D eigenvalue weighted by molar-refractivity contribution is 0.0985. The predicted molar refractivity (Wildman–Crippen MR) is 131 cm³/mol. The van der Waals surface area contributed by atoms with Crippen molar-refractivity contribution < 1.29 is 4.79 Å². The first-order chi connectivity index (χ1) is 14.9. The predicted octanol–water partition coefficient (Wildman–Crippen LogP) is 6.14. The quantitative estimate of drug-likeness (QED) is 0.317. The molecule has 0 spiro atoms. The molecule has 160 valence electrons. The largest absolute Gasteiger partial charge is 0.282 e. The highest BCUT2D eigenvalue weighted by Gasteiger charge is 2.22. The van der Waals surface area contributed by atoms with E-state index in [9.17, 15) is 4.79 Å². The summed E-state index contributed by atoms with van der Waals surface area (Å²) in [5.41, 5.74) is 4.45. The molecule has 2 aromatic heterocycles. The molecule has 0 bridgehead atoms. The zero-order chi connectivity index (χ0) is 22.1. The number of rotatable bonds is 6. The summed E-state index contributed by atoms with van der Waals surface area (Å²) in [6.45, 7) is 7.01. The fourth-order valence-corrected chi connectivity index (χ4v) is 5.08. The molecule has 0 aliphatic heterocycles. The van der Waals surface area contributed by atoms with Crippen LogP contribution in [-0.2, 0) is 6.54 Å². The summed E-state index contributed by atoms with van der Waals surface area (Å²) >= 11 is 9.45. The third-order valence-corrected chi connectivity index (χ3v) is 7.38. The normalized spacial score (nSPS) is 11.3. The summed E-state index contributed by atoms with van der Waals surface area (Å²) in [4.78, 5) is 21.2.